The van der Waals surface area contributed by atoms with Gasteiger partial charge in [0.2, 0.25) is 5.75 Å². The molecule has 0 heterocycles. The summed E-state index contributed by atoms with van der Waals surface area (Å²) >= 11 is 0. The number of methoxy groups -OCH3 is 2. The Labute approximate surface area is 178 Å². The highest BCUT2D eigenvalue weighted by molar-refractivity contribution is 5.97. The Balaban J connectivity index is 1.69. The lowest BCUT2D eigenvalue weighted by molar-refractivity contribution is 0.0950. The van der Waals surface area contributed by atoms with Crippen molar-refractivity contribution in [2.24, 2.45) is 5.10 Å². The van der Waals surface area contributed by atoms with Crippen molar-refractivity contribution in [2.75, 3.05) is 14.2 Å². The zero-order valence-electron chi connectivity index (χ0n) is 17.0. The Morgan fingerprint density at radius 3 is 2.32 bits per heavy atom. The van der Waals surface area contributed by atoms with E-state index in [1.165, 1.54) is 32.6 Å². The number of amides is 1. The molecule has 0 radical (unpaired) electrons. The molecule has 0 unspecified atom stereocenters. The van der Waals surface area contributed by atoms with Crippen LogP contribution in [-0.4, -0.2) is 31.4 Å². The van der Waals surface area contributed by atoms with Crippen molar-refractivity contribution >= 4 is 12.1 Å². The second-order valence-corrected chi connectivity index (χ2v) is 6.38. The molecule has 0 atom stereocenters. The predicted octanol–water partition coefficient (Wildman–Crippen LogP) is 3.89. The van der Waals surface area contributed by atoms with Crippen LogP contribution in [0.5, 0.6) is 23.0 Å². The first-order valence-electron chi connectivity index (χ1n) is 9.26. The number of ether oxygens (including phenoxy) is 3. The van der Waals surface area contributed by atoms with Crippen molar-refractivity contribution < 1.29 is 28.5 Å². The van der Waals surface area contributed by atoms with Gasteiger partial charge in [-0.1, -0.05) is 24.3 Å². The van der Waals surface area contributed by atoms with Gasteiger partial charge in [-0.15, -0.1) is 0 Å². The van der Waals surface area contributed by atoms with E-state index in [4.69, 9.17) is 14.2 Å². The van der Waals surface area contributed by atoms with Crippen molar-refractivity contribution in [1.29, 1.82) is 0 Å². The molecule has 0 fully saturated rings. The third-order valence-corrected chi connectivity index (χ3v) is 4.32. The molecule has 0 saturated heterocycles. The molecule has 8 heteroatoms. The summed E-state index contributed by atoms with van der Waals surface area (Å²) in [6.07, 6.45) is 1.39. The quantitative estimate of drug-likeness (QED) is 0.423. The third-order valence-electron chi connectivity index (χ3n) is 4.32. The minimum atomic E-state index is -0.469. The molecule has 0 saturated carbocycles. The highest BCUT2D eigenvalue weighted by Crippen LogP contribution is 2.36. The van der Waals surface area contributed by atoms with Gasteiger partial charge in [0.15, 0.2) is 11.5 Å². The van der Waals surface area contributed by atoms with Crippen molar-refractivity contribution in [2.45, 2.75) is 6.61 Å². The van der Waals surface area contributed by atoms with Gasteiger partial charge in [0.25, 0.3) is 5.91 Å². The molecule has 3 aromatic carbocycles. The number of hydrogen-bond acceptors (Lipinski definition) is 6. The molecule has 31 heavy (non-hydrogen) atoms. The van der Waals surface area contributed by atoms with Crippen LogP contribution in [-0.2, 0) is 6.61 Å². The van der Waals surface area contributed by atoms with Crippen molar-refractivity contribution in [1.82, 2.24) is 5.43 Å². The lowest BCUT2D eigenvalue weighted by Crippen LogP contribution is -2.18. The number of benzene rings is 3. The molecule has 160 valence electrons. The van der Waals surface area contributed by atoms with Gasteiger partial charge < -0.3 is 19.3 Å². The maximum atomic E-state index is 13.0. The molecular formula is C23H21FN2O5. The normalized spacial score (nSPS) is 10.7. The largest absolute Gasteiger partial charge is 0.502 e. The van der Waals surface area contributed by atoms with Gasteiger partial charge in [-0.05, 0) is 42.0 Å². The van der Waals surface area contributed by atoms with Gasteiger partial charge in [0.1, 0.15) is 18.2 Å². The number of aromatic hydroxyl groups is 1. The summed E-state index contributed by atoms with van der Waals surface area (Å²) in [6, 6.07) is 15.7. The van der Waals surface area contributed by atoms with E-state index in [0.717, 1.165) is 5.56 Å². The lowest BCUT2D eigenvalue weighted by atomic mass is 10.2. The highest BCUT2D eigenvalue weighted by Gasteiger charge is 2.13. The zero-order chi connectivity index (χ0) is 22.2. The van der Waals surface area contributed by atoms with E-state index in [9.17, 15) is 14.3 Å². The number of para-hydroxylation sites is 1. The molecular weight excluding hydrogens is 403 g/mol. The number of hydrogen-bond donors (Lipinski definition) is 2. The number of hydrazone groups is 1. The minimum absolute atomic E-state index is 0.126. The first-order valence-corrected chi connectivity index (χ1v) is 9.26. The van der Waals surface area contributed by atoms with Gasteiger partial charge in [0, 0.05) is 5.56 Å². The van der Waals surface area contributed by atoms with Gasteiger partial charge >= 0.3 is 0 Å². The van der Waals surface area contributed by atoms with Crippen LogP contribution in [0.15, 0.2) is 65.8 Å². The van der Waals surface area contributed by atoms with Crippen molar-refractivity contribution in [3.63, 3.8) is 0 Å². The first kappa shape index (κ1) is 21.6. The number of halogens is 1. The van der Waals surface area contributed by atoms with Crippen molar-refractivity contribution in [3.05, 3.63) is 83.2 Å². The van der Waals surface area contributed by atoms with Crippen LogP contribution in [0.1, 0.15) is 21.5 Å². The van der Waals surface area contributed by atoms with Gasteiger partial charge in [-0.3, -0.25) is 4.79 Å². The molecule has 0 aliphatic heterocycles. The highest BCUT2D eigenvalue weighted by atomic mass is 19.1. The summed E-state index contributed by atoms with van der Waals surface area (Å²) in [4.78, 5) is 12.6. The summed E-state index contributed by atoms with van der Waals surface area (Å²) in [6.45, 7) is 0.181. The Morgan fingerprint density at radius 1 is 1.03 bits per heavy atom. The minimum Gasteiger partial charge on any atom is -0.502 e. The zero-order valence-corrected chi connectivity index (χ0v) is 17.0. The van der Waals surface area contributed by atoms with E-state index in [0.29, 0.717) is 16.9 Å². The molecule has 3 rings (SSSR count). The van der Waals surface area contributed by atoms with Crippen LogP contribution < -0.4 is 19.6 Å². The Bertz CT molecular complexity index is 1060. The summed E-state index contributed by atoms with van der Waals surface area (Å²) in [7, 11) is 2.83. The number of nitrogens with zero attached hydrogens (tertiary/aromatic N) is 1. The Hall–Kier alpha value is -4.07. The van der Waals surface area contributed by atoms with Crippen LogP contribution in [0, 0.1) is 5.82 Å². The Morgan fingerprint density at radius 2 is 1.68 bits per heavy atom. The molecule has 7 nitrogen and oxygen atoms in total. The fraction of sp³-hybridized carbons (Fsp3) is 0.130. The van der Waals surface area contributed by atoms with Crippen LogP contribution >= 0.6 is 0 Å². The average Bonchev–Trinajstić information content (AvgIpc) is 2.79. The van der Waals surface area contributed by atoms with E-state index in [2.05, 4.69) is 10.5 Å². The predicted molar refractivity (Wildman–Crippen MR) is 113 cm³/mol. The number of nitrogens with one attached hydrogen (secondary N) is 1. The molecule has 0 aliphatic rings. The molecule has 0 aliphatic carbocycles. The maximum Gasteiger partial charge on any atom is 0.275 e. The SMILES string of the molecule is COc1cc(/C=N/NC(=O)c2ccccc2OCc2ccc(F)cc2)cc(OC)c1O. The van der Waals surface area contributed by atoms with Crippen LogP contribution in [0.3, 0.4) is 0 Å². The standard InChI is InChI=1S/C23H21FN2O5/c1-29-20-11-16(12-21(30-2)22(20)27)13-25-26-23(28)18-5-3-4-6-19(18)31-14-15-7-9-17(24)10-8-15/h3-13,27H,14H2,1-2H3,(H,26,28)/b25-13+. The molecule has 2 N–H and O–H groups in total. The van der Waals surface area contributed by atoms with Gasteiger partial charge in [-0.25, -0.2) is 9.82 Å². The smallest absolute Gasteiger partial charge is 0.275 e. The molecule has 3 aromatic rings. The van der Waals surface area contributed by atoms with Crippen LogP contribution in [0.4, 0.5) is 4.39 Å². The van der Waals surface area contributed by atoms with E-state index in [1.807, 2.05) is 0 Å². The van der Waals surface area contributed by atoms with E-state index < -0.39 is 5.91 Å². The number of carbonyl (C=O) groups excluding carboxylic acids is 1. The summed E-state index contributed by atoms with van der Waals surface area (Å²) in [5.74, 6) is -0.127. The maximum absolute atomic E-state index is 13.0. The summed E-state index contributed by atoms with van der Waals surface area (Å²) in [5.41, 5.74) is 4.05. The summed E-state index contributed by atoms with van der Waals surface area (Å²) in [5, 5.41) is 13.9. The monoisotopic (exact) mass is 424 g/mol. The van der Waals surface area contributed by atoms with E-state index in [1.54, 1.807) is 48.5 Å². The van der Waals surface area contributed by atoms with Crippen LogP contribution in [0.2, 0.25) is 0 Å². The van der Waals surface area contributed by atoms with E-state index in [-0.39, 0.29) is 29.7 Å². The van der Waals surface area contributed by atoms with Gasteiger partial charge in [-0.2, -0.15) is 5.10 Å². The molecule has 0 aromatic heterocycles. The number of rotatable bonds is 8. The fourth-order valence-corrected chi connectivity index (χ4v) is 2.74. The van der Waals surface area contributed by atoms with Crippen LogP contribution in [0.25, 0.3) is 0 Å². The molecule has 0 bridgehead atoms. The Kier molecular flexibility index (Phi) is 7.05. The second kappa shape index (κ2) is 10.1. The number of phenols is 1. The molecule has 0 spiro atoms. The number of carbonyl (C=O) groups is 1. The topological polar surface area (TPSA) is 89.4 Å². The molecule has 1 amide bonds. The van der Waals surface area contributed by atoms with Gasteiger partial charge in [0.05, 0.1) is 26.0 Å². The number of phenolic OH excluding ortho intramolecular Hbond substituents is 1. The summed E-state index contributed by atoms with van der Waals surface area (Å²) < 4.78 is 28.9. The van der Waals surface area contributed by atoms with E-state index >= 15 is 0 Å². The average molecular weight is 424 g/mol. The second-order valence-electron chi connectivity index (χ2n) is 6.38. The third kappa shape index (κ3) is 5.51. The fourth-order valence-electron chi connectivity index (χ4n) is 2.74. The van der Waals surface area contributed by atoms with Crippen molar-refractivity contribution in [3.8, 4) is 23.0 Å². The lowest BCUT2D eigenvalue weighted by Gasteiger charge is -2.11. The first-order chi connectivity index (χ1) is 15.0.